The number of carbonyl (C=O) groups excluding carboxylic acids is 3. The van der Waals surface area contributed by atoms with Crippen LogP contribution in [0.25, 0.3) is 10.2 Å². The number of hydrogen-bond acceptors (Lipinski definition) is 5. The average molecular weight is 303 g/mol. The lowest BCUT2D eigenvalue weighted by Gasteiger charge is -2.12. The molecule has 1 N–H and O–H groups in total. The van der Waals surface area contributed by atoms with Crippen LogP contribution in [0, 0.1) is 6.92 Å². The number of benzene rings is 1. The Hall–Kier alpha value is -2.28. The summed E-state index contributed by atoms with van der Waals surface area (Å²) < 4.78 is 0.985. The topological polar surface area (TPSA) is 79.4 Å². The van der Waals surface area contributed by atoms with Gasteiger partial charge in [-0.15, -0.1) is 0 Å². The number of likely N-dealkylation sites (tertiary alicyclic amines) is 1. The van der Waals surface area contributed by atoms with E-state index in [1.54, 1.807) is 0 Å². The van der Waals surface area contributed by atoms with Crippen LogP contribution in [0.3, 0.4) is 0 Å². The summed E-state index contributed by atoms with van der Waals surface area (Å²) >= 11 is 1.37. The Balaban J connectivity index is 1.73. The van der Waals surface area contributed by atoms with Gasteiger partial charge in [-0.3, -0.25) is 19.3 Å². The second-order valence-electron chi connectivity index (χ2n) is 4.86. The molecule has 0 saturated carbocycles. The summed E-state index contributed by atoms with van der Waals surface area (Å²) in [6.07, 6.45) is 0.374. The van der Waals surface area contributed by atoms with E-state index in [0.29, 0.717) is 5.13 Å². The number of aromatic nitrogens is 1. The molecule has 0 atom stereocenters. The van der Waals surface area contributed by atoms with Crippen LogP contribution in [-0.2, 0) is 14.4 Å². The number of thiazole rings is 1. The summed E-state index contributed by atoms with van der Waals surface area (Å²) in [5.41, 5.74) is 1.89. The lowest BCUT2D eigenvalue weighted by atomic mass is 10.2. The van der Waals surface area contributed by atoms with E-state index in [2.05, 4.69) is 10.3 Å². The average Bonchev–Trinajstić information content (AvgIpc) is 2.97. The molecule has 2 aromatic rings. The van der Waals surface area contributed by atoms with Crippen molar-refractivity contribution in [1.82, 2.24) is 9.88 Å². The van der Waals surface area contributed by atoms with Crippen LogP contribution in [-0.4, -0.2) is 34.2 Å². The predicted octanol–water partition coefficient (Wildman–Crippen LogP) is 1.69. The van der Waals surface area contributed by atoms with Crippen LogP contribution in [0.5, 0.6) is 0 Å². The summed E-state index contributed by atoms with van der Waals surface area (Å²) in [5.74, 6) is -0.999. The lowest BCUT2D eigenvalue weighted by Crippen LogP contribution is -2.36. The van der Waals surface area contributed by atoms with Crippen LogP contribution in [0.4, 0.5) is 5.13 Å². The van der Waals surface area contributed by atoms with Crippen molar-refractivity contribution in [2.75, 3.05) is 11.9 Å². The third-order valence-electron chi connectivity index (χ3n) is 3.32. The largest absolute Gasteiger partial charge is 0.300 e. The molecule has 2 heterocycles. The van der Waals surface area contributed by atoms with Gasteiger partial charge in [-0.1, -0.05) is 23.5 Å². The van der Waals surface area contributed by atoms with Crippen LogP contribution >= 0.6 is 11.3 Å². The fourth-order valence-electron chi connectivity index (χ4n) is 2.24. The van der Waals surface area contributed by atoms with Crippen molar-refractivity contribution in [2.45, 2.75) is 19.8 Å². The Kier molecular flexibility index (Phi) is 3.42. The zero-order valence-corrected chi connectivity index (χ0v) is 12.2. The summed E-state index contributed by atoms with van der Waals surface area (Å²) in [6.45, 7) is 1.71. The fraction of sp³-hybridized carbons (Fsp3) is 0.286. The van der Waals surface area contributed by atoms with Gasteiger partial charge in [-0.05, 0) is 18.6 Å². The van der Waals surface area contributed by atoms with Gasteiger partial charge in [0.2, 0.25) is 17.7 Å². The van der Waals surface area contributed by atoms with Gasteiger partial charge in [0, 0.05) is 12.8 Å². The summed E-state index contributed by atoms with van der Waals surface area (Å²) in [5, 5.41) is 3.12. The minimum atomic E-state index is -0.407. The third kappa shape index (κ3) is 2.64. The van der Waals surface area contributed by atoms with Gasteiger partial charge in [0.05, 0.1) is 10.2 Å². The number of carbonyl (C=O) groups is 3. The number of anilines is 1. The highest BCUT2D eigenvalue weighted by Crippen LogP contribution is 2.27. The van der Waals surface area contributed by atoms with E-state index < -0.39 is 5.91 Å². The van der Waals surface area contributed by atoms with Gasteiger partial charge in [-0.25, -0.2) is 4.98 Å². The highest BCUT2D eigenvalue weighted by Gasteiger charge is 2.30. The van der Waals surface area contributed by atoms with Crippen LogP contribution < -0.4 is 5.32 Å². The SMILES string of the molecule is Cc1cccc2sc(NC(=O)CN3C(=O)CCC3=O)nc12. The molecule has 1 aromatic heterocycles. The molecule has 1 fully saturated rings. The summed E-state index contributed by atoms with van der Waals surface area (Å²) in [4.78, 5) is 40.2. The molecule has 3 amide bonds. The molecule has 21 heavy (non-hydrogen) atoms. The quantitative estimate of drug-likeness (QED) is 0.875. The molecule has 1 aliphatic rings. The Bertz CT molecular complexity index is 737. The number of aryl methyl sites for hydroxylation is 1. The van der Waals surface area contributed by atoms with E-state index in [0.717, 1.165) is 20.7 Å². The van der Waals surface area contributed by atoms with Gasteiger partial charge in [-0.2, -0.15) is 0 Å². The highest BCUT2D eigenvalue weighted by molar-refractivity contribution is 7.22. The van der Waals surface area contributed by atoms with E-state index in [-0.39, 0.29) is 31.2 Å². The van der Waals surface area contributed by atoms with Crippen molar-refractivity contribution in [3.05, 3.63) is 23.8 Å². The molecule has 1 saturated heterocycles. The molecular weight excluding hydrogens is 290 g/mol. The molecule has 3 rings (SSSR count). The van der Waals surface area contributed by atoms with Gasteiger partial charge >= 0.3 is 0 Å². The molecule has 0 unspecified atom stereocenters. The second-order valence-corrected chi connectivity index (χ2v) is 5.89. The highest BCUT2D eigenvalue weighted by atomic mass is 32.1. The predicted molar refractivity (Wildman–Crippen MR) is 78.9 cm³/mol. The number of nitrogens with one attached hydrogen (secondary N) is 1. The van der Waals surface area contributed by atoms with E-state index in [9.17, 15) is 14.4 Å². The molecule has 0 spiro atoms. The van der Waals surface area contributed by atoms with Crippen LogP contribution in [0.15, 0.2) is 18.2 Å². The van der Waals surface area contributed by atoms with E-state index in [1.165, 1.54) is 11.3 Å². The van der Waals surface area contributed by atoms with Crippen molar-refractivity contribution < 1.29 is 14.4 Å². The fourth-order valence-corrected chi connectivity index (χ4v) is 3.20. The van der Waals surface area contributed by atoms with Crippen molar-refractivity contribution in [1.29, 1.82) is 0 Å². The molecule has 6 nitrogen and oxygen atoms in total. The first-order valence-corrected chi connectivity index (χ1v) is 7.35. The molecule has 1 aliphatic heterocycles. The van der Waals surface area contributed by atoms with Gasteiger partial charge in [0.25, 0.3) is 0 Å². The van der Waals surface area contributed by atoms with Crippen molar-refractivity contribution in [2.24, 2.45) is 0 Å². The minimum absolute atomic E-state index is 0.187. The molecule has 108 valence electrons. The molecule has 1 aromatic carbocycles. The summed E-state index contributed by atoms with van der Waals surface area (Å²) in [6, 6.07) is 5.82. The number of imide groups is 1. The number of para-hydroxylation sites is 1. The molecule has 0 aliphatic carbocycles. The van der Waals surface area contributed by atoms with Crippen LogP contribution in [0.1, 0.15) is 18.4 Å². The minimum Gasteiger partial charge on any atom is -0.300 e. The number of nitrogens with zero attached hydrogens (tertiary/aromatic N) is 2. The molecular formula is C14H13N3O3S. The Morgan fingerprint density at radius 1 is 1.33 bits per heavy atom. The van der Waals surface area contributed by atoms with E-state index in [1.807, 2.05) is 25.1 Å². The normalized spacial score (nSPS) is 15.0. The Morgan fingerprint density at radius 3 is 2.71 bits per heavy atom. The molecule has 0 radical (unpaired) electrons. The number of amides is 3. The maximum atomic E-state index is 11.9. The van der Waals surface area contributed by atoms with E-state index in [4.69, 9.17) is 0 Å². The van der Waals surface area contributed by atoms with Crippen molar-refractivity contribution >= 4 is 44.4 Å². The Labute approximate surface area is 124 Å². The Morgan fingerprint density at radius 2 is 2.05 bits per heavy atom. The monoisotopic (exact) mass is 303 g/mol. The number of rotatable bonds is 3. The first-order chi connectivity index (χ1) is 10.0. The lowest BCUT2D eigenvalue weighted by molar-refractivity contribution is -0.141. The van der Waals surface area contributed by atoms with Gasteiger partial charge in [0.1, 0.15) is 6.54 Å². The van der Waals surface area contributed by atoms with Crippen molar-refractivity contribution in [3.8, 4) is 0 Å². The molecule has 0 bridgehead atoms. The van der Waals surface area contributed by atoms with Crippen LogP contribution in [0.2, 0.25) is 0 Å². The maximum Gasteiger partial charge on any atom is 0.246 e. The first-order valence-electron chi connectivity index (χ1n) is 6.54. The summed E-state index contributed by atoms with van der Waals surface area (Å²) in [7, 11) is 0. The van der Waals surface area contributed by atoms with Gasteiger partial charge in [0.15, 0.2) is 5.13 Å². The third-order valence-corrected chi connectivity index (χ3v) is 4.26. The van der Waals surface area contributed by atoms with Crippen molar-refractivity contribution in [3.63, 3.8) is 0 Å². The van der Waals surface area contributed by atoms with Gasteiger partial charge < -0.3 is 5.32 Å². The zero-order chi connectivity index (χ0) is 15.0. The number of fused-ring (bicyclic) bond motifs is 1. The standard InChI is InChI=1S/C14H13N3O3S/c1-8-3-2-4-9-13(8)16-14(21-9)15-10(18)7-17-11(19)5-6-12(17)20/h2-4H,5-7H2,1H3,(H,15,16,18). The second kappa shape index (κ2) is 5.25. The smallest absolute Gasteiger partial charge is 0.246 e. The number of hydrogen-bond donors (Lipinski definition) is 1. The molecule has 7 heteroatoms. The maximum absolute atomic E-state index is 11.9. The first kappa shape index (κ1) is 13.7. The zero-order valence-electron chi connectivity index (χ0n) is 11.4. The van der Waals surface area contributed by atoms with E-state index >= 15 is 0 Å².